The Morgan fingerprint density at radius 2 is 1.84 bits per heavy atom. The van der Waals surface area contributed by atoms with Gasteiger partial charge in [-0.25, -0.2) is 0 Å². The van der Waals surface area contributed by atoms with Crippen LogP contribution in [0.4, 0.5) is 0 Å². The molecule has 2 heteroatoms. The van der Waals surface area contributed by atoms with Crippen LogP contribution in [-0.2, 0) is 5.41 Å². The SMILES string of the molecule is COc1c(C)cc(C(C)O)cc1C1(C)CCCCC1. The lowest BCUT2D eigenvalue weighted by atomic mass is 9.70. The van der Waals surface area contributed by atoms with Gasteiger partial charge in [0.05, 0.1) is 13.2 Å². The third kappa shape index (κ3) is 2.79. The molecule has 1 N–H and O–H groups in total. The molecule has 0 aromatic heterocycles. The lowest BCUT2D eigenvalue weighted by molar-refractivity contribution is 0.198. The van der Waals surface area contributed by atoms with Crippen LogP contribution in [0.3, 0.4) is 0 Å². The summed E-state index contributed by atoms with van der Waals surface area (Å²) in [7, 11) is 1.75. The molecule has 0 bridgehead atoms. The highest BCUT2D eigenvalue weighted by atomic mass is 16.5. The third-order valence-electron chi connectivity index (χ3n) is 4.59. The summed E-state index contributed by atoms with van der Waals surface area (Å²) in [5.41, 5.74) is 3.60. The molecule has 1 aliphatic rings. The van der Waals surface area contributed by atoms with E-state index in [4.69, 9.17) is 4.74 Å². The van der Waals surface area contributed by atoms with Crippen molar-refractivity contribution < 1.29 is 9.84 Å². The molecule has 0 aliphatic heterocycles. The van der Waals surface area contributed by atoms with E-state index in [-0.39, 0.29) is 5.41 Å². The number of aliphatic hydroxyl groups is 1. The van der Waals surface area contributed by atoms with Gasteiger partial charge in [0.2, 0.25) is 0 Å². The highest BCUT2D eigenvalue weighted by Gasteiger charge is 2.32. The minimum Gasteiger partial charge on any atom is -0.496 e. The molecule has 0 amide bonds. The monoisotopic (exact) mass is 262 g/mol. The first kappa shape index (κ1) is 14.4. The van der Waals surface area contributed by atoms with Crippen LogP contribution in [0.5, 0.6) is 5.75 Å². The van der Waals surface area contributed by atoms with Crippen molar-refractivity contribution in [2.45, 2.75) is 64.4 Å². The maximum atomic E-state index is 9.88. The summed E-state index contributed by atoms with van der Waals surface area (Å²) in [5, 5.41) is 9.88. The molecule has 0 saturated heterocycles. The predicted molar refractivity (Wildman–Crippen MR) is 78.8 cm³/mol. The van der Waals surface area contributed by atoms with Gasteiger partial charge >= 0.3 is 0 Å². The van der Waals surface area contributed by atoms with Crippen LogP contribution in [0.15, 0.2) is 12.1 Å². The van der Waals surface area contributed by atoms with Gasteiger partial charge in [0.25, 0.3) is 0 Å². The van der Waals surface area contributed by atoms with Crippen molar-refractivity contribution in [1.29, 1.82) is 0 Å². The zero-order chi connectivity index (χ0) is 14.0. The van der Waals surface area contributed by atoms with E-state index in [9.17, 15) is 5.11 Å². The zero-order valence-electron chi connectivity index (χ0n) is 12.6. The van der Waals surface area contributed by atoms with Gasteiger partial charge in [0.15, 0.2) is 0 Å². The summed E-state index contributed by atoms with van der Waals surface area (Å²) < 4.78 is 5.65. The Labute approximate surface area is 116 Å². The van der Waals surface area contributed by atoms with E-state index in [2.05, 4.69) is 19.9 Å². The fourth-order valence-corrected chi connectivity index (χ4v) is 3.36. The summed E-state index contributed by atoms with van der Waals surface area (Å²) in [6, 6.07) is 4.20. The van der Waals surface area contributed by atoms with Crippen molar-refractivity contribution in [3.05, 3.63) is 28.8 Å². The highest BCUT2D eigenvalue weighted by Crippen LogP contribution is 2.44. The number of benzene rings is 1. The number of aryl methyl sites for hydroxylation is 1. The normalized spacial score (nSPS) is 20.1. The maximum absolute atomic E-state index is 9.88. The molecule has 1 fully saturated rings. The first-order chi connectivity index (χ1) is 8.98. The molecule has 1 aliphatic carbocycles. The van der Waals surface area contributed by atoms with Crippen LogP contribution < -0.4 is 4.74 Å². The molecule has 19 heavy (non-hydrogen) atoms. The van der Waals surface area contributed by atoms with E-state index in [1.54, 1.807) is 7.11 Å². The summed E-state index contributed by atoms with van der Waals surface area (Å²) in [4.78, 5) is 0. The Balaban J connectivity index is 2.52. The van der Waals surface area contributed by atoms with Crippen LogP contribution in [0, 0.1) is 6.92 Å². The third-order valence-corrected chi connectivity index (χ3v) is 4.59. The van der Waals surface area contributed by atoms with E-state index < -0.39 is 6.10 Å². The quantitative estimate of drug-likeness (QED) is 0.881. The standard InChI is InChI=1S/C17H26O2/c1-12-10-14(13(2)18)11-15(16(12)19-4)17(3)8-6-5-7-9-17/h10-11,13,18H,5-9H2,1-4H3. The van der Waals surface area contributed by atoms with Crippen molar-refractivity contribution in [2.24, 2.45) is 0 Å². The van der Waals surface area contributed by atoms with E-state index in [1.807, 2.05) is 13.0 Å². The van der Waals surface area contributed by atoms with Crippen LogP contribution >= 0.6 is 0 Å². The molecule has 2 rings (SSSR count). The Bertz CT molecular complexity index is 443. The van der Waals surface area contributed by atoms with Crippen molar-refractivity contribution in [2.75, 3.05) is 7.11 Å². The van der Waals surface area contributed by atoms with E-state index >= 15 is 0 Å². The van der Waals surface area contributed by atoms with Crippen molar-refractivity contribution >= 4 is 0 Å². The number of hydrogen-bond acceptors (Lipinski definition) is 2. The topological polar surface area (TPSA) is 29.5 Å². The number of methoxy groups -OCH3 is 1. The molecule has 1 atom stereocenters. The number of aliphatic hydroxyl groups excluding tert-OH is 1. The zero-order valence-corrected chi connectivity index (χ0v) is 12.6. The molecule has 1 saturated carbocycles. The lowest BCUT2D eigenvalue weighted by Crippen LogP contribution is -2.26. The number of hydrogen-bond donors (Lipinski definition) is 1. The highest BCUT2D eigenvalue weighted by molar-refractivity contribution is 5.48. The van der Waals surface area contributed by atoms with E-state index in [0.29, 0.717) is 0 Å². The average Bonchev–Trinajstić information content (AvgIpc) is 2.38. The number of rotatable bonds is 3. The average molecular weight is 262 g/mol. The summed E-state index contributed by atoms with van der Waals surface area (Å²) in [6.45, 7) is 6.24. The Morgan fingerprint density at radius 3 is 2.37 bits per heavy atom. The molecule has 2 nitrogen and oxygen atoms in total. The summed E-state index contributed by atoms with van der Waals surface area (Å²) >= 11 is 0. The first-order valence-electron chi connectivity index (χ1n) is 7.35. The van der Waals surface area contributed by atoms with Crippen LogP contribution in [0.2, 0.25) is 0 Å². The molecule has 0 radical (unpaired) electrons. The van der Waals surface area contributed by atoms with Gasteiger partial charge in [-0.05, 0) is 55.4 Å². The second kappa shape index (κ2) is 5.54. The van der Waals surface area contributed by atoms with Crippen LogP contribution in [0.25, 0.3) is 0 Å². The smallest absolute Gasteiger partial charge is 0.125 e. The van der Waals surface area contributed by atoms with E-state index in [1.165, 1.54) is 37.7 Å². The Kier molecular flexibility index (Phi) is 4.19. The minimum absolute atomic E-state index is 0.194. The Hall–Kier alpha value is -1.02. The fourth-order valence-electron chi connectivity index (χ4n) is 3.36. The van der Waals surface area contributed by atoms with Gasteiger partial charge < -0.3 is 9.84 Å². The largest absolute Gasteiger partial charge is 0.496 e. The number of ether oxygens (including phenoxy) is 1. The second-order valence-electron chi connectivity index (χ2n) is 6.22. The van der Waals surface area contributed by atoms with Crippen molar-refractivity contribution in [3.63, 3.8) is 0 Å². The fraction of sp³-hybridized carbons (Fsp3) is 0.647. The molecule has 0 spiro atoms. The lowest BCUT2D eigenvalue weighted by Gasteiger charge is -2.36. The first-order valence-corrected chi connectivity index (χ1v) is 7.35. The molecule has 1 aromatic rings. The molecule has 1 unspecified atom stereocenters. The minimum atomic E-state index is -0.421. The molecule has 1 aromatic carbocycles. The van der Waals surface area contributed by atoms with Crippen molar-refractivity contribution in [1.82, 2.24) is 0 Å². The van der Waals surface area contributed by atoms with Crippen LogP contribution in [-0.4, -0.2) is 12.2 Å². The van der Waals surface area contributed by atoms with E-state index in [0.717, 1.165) is 16.9 Å². The summed E-state index contributed by atoms with van der Waals surface area (Å²) in [6.07, 6.45) is 5.93. The van der Waals surface area contributed by atoms with Gasteiger partial charge in [0.1, 0.15) is 5.75 Å². The Morgan fingerprint density at radius 1 is 1.21 bits per heavy atom. The predicted octanol–water partition coefficient (Wildman–Crippen LogP) is 4.28. The van der Waals surface area contributed by atoms with Gasteiger partial charge in [-0.2, -0.15) is 0 Å². The van der Waals surface area contributed by atoms with Gasteiger partial charge in [-0.3, -0.25) is 0 Å². The molecular weight excluding hydrogens is 236 g/mol. The van der Waals surface area contributed by atoms with Crippen molar-refractivity contribution in [3.8, 4) is 5.75 Å². The summed E-state index contributed by atoms with van der Waals surface area (Å²) in [5.74, 6) is 1.01. The van der Waals surface area contributed by atoms with Gasteiger partial charge in [-0.1, -0.05) is 26.2 Å². The van der Waals surface area contributed by atoms with Crippen LogP contribution in [0.1, 0.15) is 68.7 Å². The van der Waals surface area contributed by atoms with Gasteiger partial charge in [-0.15, -0.1) is 0 Å². The van der Waals surface area contributed by atoms with Gasteiger partial charge in [0, 0.05) is 5.56 Å². The molecule has 0 heterocycles. The molecule has 106 valence electrons. The molecular formula is C17H26O2. The second-order valence-corrected chi connectivity index (χ2v) is 6.22. The maximum Gasteiger partial charge on any atom is 0.125 e.